The molecule has 22 heavy (non-hydrogen) atoms. The van der Waals surface area contributed by atoms with Crippen LogP contribution in [0.2, 0.25) is 0 Å². The van der Waals surface area contributed by atoms with Gasteiger partial charge in [-0.05, 0) is 32.4 Å². The van der Waals surface area contributed by atoms with Crippen molar-refractivity contribution in [3.05, 3.63) is 23.8 Å². The summed E-state index contributed by atoms with van der Waals surface area (Å²) in [6.45, 7) is 4.36. The molecule has 6 heteroatoms. The Morgan fingerprint density at radius 2 is 1.95 bits per heavy atom. The first-order valence-corrected chi connectivity index (χ1v) is 7.89. The zero-order valence-corrected chi connectivity index (χ0v) is 13.7. The molecule has 1 aliphatic heterocycles. The zero-order valence-electron chi connectivity index (χ0n) is 13.7. The minimum atomic E-state index is -0.0374. The van der Waals surface area contributed by atoms with Crippen LogP contribution in [0.4, 0.5) is 0 Å². The van der Waals surface area contributed by atoms with Crippen LogP contribution in [0.15, 0.2) is 12.4 Å². The second-order valence-electron chi connectivity index (χ2n) is 6.36. The van der Waals surface area contributed by atoms with E-state index in [1.807, 2.05) is 25.9 Å². The lowest BCUT2D eigenvalue weighted by Gasteiger charge is -2.38. The van der Waals surface area contributed by atoms with Crippen LogP contribution in [0, 0.1) is 11.8 Å². The average molecular weight is 306 g/mol. The molecule has 1 N–H and O–H groups in total. The van der Waals surface area contributed by atoms with Crippen molar-refractivity contribution in [1.82, 2.24) is 19.8 Å². The van der Waals surface area contributed by atoms with Gasteiger partial charge in [0.2, 0.25) is 0 Å². The van der Waals surface area contributed by atoms with E-state index in [1.54, 1.807) is 12.4 Å². The highest BCUT2D eigenvalue weighted by molar-refractivity contribution is 5.93. The van der Waals surface area contributed by atoms with E-state index in [-0.39, 0.29) is 18.4 Å². The predicted octanol–water partition coefficient (Wildman–Crippen LogP) is 0.671. The van der Waals surface area contributed by atoms with E-state index in [1.165, 1.54) is 0 Å². The van der Waals surface area contributed by atoms with Crippen LogP contribution >= 0.6 is 0 Å². The third-order valence-electron chi connectivity index (χ3n) is 4.06. The van der Waals surface area contributed by atoms with Crippen LogP contribution < -0.4 is 0 Å². The van der Waals surface area contributed by atoms with Gasteiger partial charge in [0.25, 0.3) is 5.91 Å². The summed E-state index contributed by atoms with van der Waals surface area (Å²) in [5.41, 5.74) is 0.527. The van der Waals surface area contributed by atoms with Crippen molar-refractivity contribution in [2.24, 2.45) is 11.8 Å². The summed E-state index contributed by atoms with van der Waals surface area (Å²) in [5.74, 6) is 1.25. The lowest BCUT2D eigenvalue weighted by molar-refractivity contribution is 0.0477. The Bertz CT molecular complexity index is 489. The first-order valence-electron chi connectivity index (χ1n) is 7.89. The molecular weight excluding hydrogens is 280 g/mol. The van der Waals surface area contributed by atoms with Crippen molar-refractivity contribution in [3.8, 4) is 0 Å². The van der Waals surface area contributed by atoms with Gasteiger partial charge >= 0.3 is 0 Å². The third kappa shape index (κ3) is 4.24. The van der Waals surface area contributed by atoms with Crippen LogP contribution in [-0.4, -0.2) is 71.1 Å². The molecule has 0 aromatic carbocycles. The molecule has 1 amide bonds. The maximum Gasteiger partial charge on any atom is 0.257 e. The van der Waals surface area contributed by atoms with E-state index in [9.17, 15) is 9.90 Å². The van der Waals surface area contributed by atoms with Crippen LogP contribution in [-0.2, 0) is 6.42 Å². The van der Waals surface area contributed by atoms with Crippen LogP contribution in [0.25, 0.3) is 0 Å². The summed E-state index contributed by atoms with van der Waals surface area (Å²) < 4.78 is 0. The van der Waals surface area contributed by atoms with E-state index < -0.39 is 0 Å². The number of hydrogen-bond acceptors (Lipinski definition) is 5. The number of amides is 1. The quantitative estimate of drug-likeness (QED) is 0.866. The number of hydrogen-bond donors (Lipinski definition) is 1. The number of piperidine rings is 1. The van der Waals surface area contributed by atoms with Gasteiger partial charge in [-0.15, -0.1) is 0 Å². The van der Waals surface area contributed by atoms with Gasteiger partial charge in [0.05, 0.1) is 5.56 Å². The molecule has 1 aromatic heterocycles. The van der Waals surface area contributed by atoms with Gasteiger partial charge in [-0.25, -0.2) is 9.97 Å². The lowest BCUT2D eigenvalue weighted by atomic mass is 9.89. The average Bonchev–Trinajstić information content (AvgIpc) is 2.53. The highest BCUT2D eigenvalue weighted by Gasteiger charge is 2.30. The smallest absolute Gasteiger partial charge is 0.257 e. The third-order valence-corrected chi connectivity index (χ3v) is 4.06. The van der Waals surface area contributed by atoms with Crippen molar-refractivity contribution in [2.75, 3.05) is 40.3 Å². The molecule has 2 rings (SSSR count). The van der Waals surface area contributed by atoms with Crippen LogP contribution in [0.1, 0.15) is 29.5 Å². The number of aliphatic hydroxyl groups is 1. The Hall–Kier alpha value is -1.53. The molecule has 2 heterocycles. The molecule has 2 atom stereocenters. The topological polar surface area (TPSA) is 69.6 Å². The Morgan fingerprint density at radius 3 is 2.50 bits per heavy atom. The summed E-state index contributed by atoms with van der Waals surface area (Å²) in [7, 11) is 4.07. The van der Waals surface area contributed by atoms with Crippen molar-refractivity contribution in [2.45, 2.75) is 19.8 Å². The van der Waals surface area contributed by atoms with Crippen LogP contribution in [0.3, 0.4) is 0 Å². The molecule has 0 saturated carbocycles. The zero-order chi connectivity index (χ0) is 16.1. The van der Waals surface area contributed by atoms with Crippen LogP contribution in [0.5, 0.6) is 0 Å². The maximum atomic E-state index is 12.6. The molecule has 0 spiro atoms. The summed E-state index contributed by atoms with van der Waals surface area (Å²) in [6, 6.07) is 0. The molecule has 6 nitrogen and oxygen atoms in total. The molecule has 1 aliphatic rings. The van der Waals surface area contributed by atoms with E-state index in [0.29, 0.717) is 18.0 Å². The van der Waals surface area contributed by atoms with Gasteiger partial charge < -0.3 is 14.9 Å². The normalized spacial score (nSPS) is 22.1. The Kier molecular flexibility index (Phi) is 5.85. The highest BCUT2D eigenvalue weighted by Crippen LogP contribution is 2.23. The summed E-state index contributed by atoms with van der Waals surface area (Å²) in [5, 5.41) is 9.51. The standard InChI is InChI=1S/C16H26N4O2/c1-4-15-17-6-14(7-18-15)16(22)20-9-12(8-19(2)3)5-13(10-20)11-21/h6-7,12-13,21H,4-5,8-11H2,1-3H3/t12-,13-/m0/s1. The van der Waals surface area contributed by atoms with Crippen molar-refractivity contribution >= 4 is 5.91 Å². The Labute approximate surface area is 132 Å². The van der Waals surface area contributed by atoms with Gasteiger partial charge in [0.1, 0.15) is 5.82 Å². The summed E-state index contributed by atoms with van der Waals surface area (Å²) in [4.78, 5) is 25.0. The number of nitrogens with zero attached hydrogens (tertiary/aromatic N) is 4. The molecule has 0 unspecified atom stereocenters. The molecular formula is C16H26N4O2. The summed E-state index contributed by atoms with van der Waals surface area (Å²) >= 11 is 0. The van der Waals surface area contributed by atoms with Crippen molar-refractivity contribution in [3.63, 3.8) is 0 Å². The number of aliphatic hydroxyl groups excluding tert-OH is 1. The van der Waals surface area contributed by atoms with E-state index in [4.69, 9.17) is 0 Å². The highest BCUT2D eigenvalue weighted by atomic mass is 16.3. The van der Waals surface area contributed by atoms with Gasteiger partial charge in [-0.3, -0.25) is 4.79 Å². The maximum absolute atomic E-state index is 12.6. The lowest BCUT2D eigenvalue weighted by Crippen LogP contribution is -2.47. The minimum absolute atomic E-state index is 0.0374. The number of aromatic nitrogens is 2. The molecule has 1 fully saturated rings. The second kappa shape index (κ2) is 7.65. The fourth-order valence-corrected chi connectivity index (χ4v) is 3.10. The number of likely N-dealkylation sites (tertiary alicyclic amines) is 1. The first kappa shape index (κ1) is 16.8. The molecule has 0 bridgehead atoms. The van der Waals surface area contributed by atoms with Crippen molar-refractivity contribution < 1.29 is 9.90 Å². The van der Waals surface area contributed by atoms with Gasteiger partial charge in [-0.1, -0.05) is 6.92 Å². The van der Waals surface area contributed by atoms with Gasteiger partial charge in [0.15, 0.2) is 0 Å². The number of aryl methyl sites for hydroxylation is 1. The number of carbonyl (C=O) groups is 1. The molecule has 1 saturated heterocycles. The Morgan fingerprint density at radius 1 is 1.32 bits per heavy atom. The molecule has 122 valence electrons. The largest absolute Gasteiger partial charge is 0.396 e. The minimum Gasteiger partial charge on any atom is -0.396 e. The second-order valence-corrected chi connectivity index (χ2v) is 6.36. The molecule has 1 aromatic rings. The van der Waals surface area contributed by atoms with Crippen molar-refractivity contribution in [1.29, 1.82) is 0 Å². The fraction of sp³-hybridized carbons (Fsp3) is 0.688. The Balaban J connectivity index is 2.08. The molecule has 0 radical (unpaired) electrons. The fourth-order valence-electron chi connectivity index (χ4n) is 3.10. The first-order chi connectivity index (χ1) is 10.5. The SMILES string of the molecule is CCc1ncc(C(=O)N2C[C@@H](CO)C[C@@H](CN(C)C)C2)cn1. The number of carbonyl (C=O) groups excluding carboxylic acids is 1. The van der Waals surface area contributed by atoms with E-state index >= 15 is 0 Å². The van der Waals surface area contributed by atoms with E-state index in [0.717, 1.165) is 31.8 Å². The summed E-state index contributed by atoms with van der Waals surface area (Å²) in [6.07, 6.45) is 4.94. The predicted molar refractivity (Wildman–Crippen MR) is 84.6 cm³/mol. The monoisotopic (exact) mass is 306 g/mol. The van der Waals surface area contributed by atoms with E-state index in [2.05, 4.69) is 14.9 Å². The van der Waals surface area contributed by atoms with Gasteiger partial charge in [-0.2, -0.15) is 0 Å². The molecule has 0 aliphatic carbocycles. The van der Waals surface area contributed by atoms with Gasteiger partial charge in [0, 0.05) is 45.1 Å². The number of rotatable bonds is 5.